The van der Waals surface area contributed by atoms with E-state index in [0.717, 1.165) is 6.92 Å². The monoisotopic (exact) mass is 295 g/mol. The predicted molar refractivity (Wildman–Crippen MR) is 47.1 cm³/mol. The van der Waals surface area contributed by atoms with Crippen LogP contribution in [0.25, 0.3) is 5.73 Å². The first-order chi connectivity index (χ1) is 6.04. The van der Waals surface area contributed by atoms with Gasteiger partial charge in [0, 0.05) is 0 Å². The molecule has 0 aliphatic heterocycles. The molecule has 1 aromatic rings. The Kier molecular flexibility index (Phi) is 10.1. The molecule has 5 heteroatoms. The van der Waals surface area contributed by atoms with Gasteiger partial charge < -0.3 is 20.7 Å². The van der Waals surface area contributed by atoms with E-state index in [1.807, 2.05) is 18.2 Å². The third-order valence-corrected chi connectivity index (χ3v) is 1.11. The number of carbonyl (C=O) groups is 1. The molecule has 1 rings (SSSR count). The SMILES string of the molecule is CC(O)C(=O)[O-].[Cd+2].[NH-]c1ccccc1. The fraction of sp³-hybridized carbons (Fsp3) is 0.222. The van der Waals surface area contributed by atoms with Crippen molar-refractivity contribution in [2.24, 2.45) is 0 Å². The van der Waals surface area contributed by atoms with Crippen LogP contribution in [0.3, 0.4) is 0 Å². The zero-order valence-electron chi connectivity index (χ0n) is 7.93. The first kappa shape index (κ1) is 15.8. The quantitative estimate of drug-likeness (QED) is 0.765. The zero-order valence-corrected chi connectivity index (χ0v) is 12.0. The number of carboxylic acids is 1. The molecule has 1 aromatic carbocycles. The summed E-state index contributed by atoms with van der Waals surface area (Å²) in [6.07, 6.45) is -1.34. The maximum Gasteiger partial charge on any atom is 2.00 e. The number of benzene rings is 1. The molecule has 0 heterocycles. The second kappa shape index (κ2) is 8.95. The van der Waals surface area contributed by atoms with Gasteiger partial charge in [-0.25, -0.2) is 0 Å². The average molecular weight is 294 g/mol. The fourth-order valence-electron chi connectivity index (χ4n) is 0.438. The van der Waals surface area contributed by atoms with E-state index in [9.17, 15) is 9.90 Å². The number of rotatable bonds is 1. The number of carboxylic acid groups (broad SMARTS) is 1. The summed E-state index contributed by atoms with van der Waals surface area (Å²) in [6, 6.07) is 9.10. The largest absolute Gasteiger partial charge is 2.00 e. The summed E-state index contributed by atoms with van der Waals surface area (Å²) in [6.45, 7) is 1.13. The molecule has 0 aliphatic carbocycles. The molecule has 0 aromatic heterocycles. The van der Waals surface area contributed by atoms with E-state index in [-0.39, 0.29) is 27.3 Å². The molecule has 0 radical (unpaired) electrons. The van der Waals surface area contributed by atoms with Crippen LogP contribution < -0.4 is 5.11 Å². The van der Waals surface area contributed by atoms with Gasteiger partial charge in [0.05, 0.1) is 12.1 Å². The van der Waals surface area contributed by atoms with Gasteiger partial charge in [0.25, 0.3) is 0 Å². The Labute approximate surface area is 103 Å². The molecule has 72 valence electrons. The molecule has 4 nitrogen and oxygen atoms in total. The number of aliphatic hydroxyl groups is 1. The normalized spacial score (nSPS) is 10.1. The van der Waals surface area contributed by atoms with E-state index >= 15 is 0 Å². The Balaban J connectivity index is 0. The molecule has 0 bridgehead atoms. The summed E-state index contributed by atoms with van der Waals surface area (Å²) < 4.78 is 0. The molecular weight excluding hydrogens is 283 g/mol. The van der Waals surface area contributed by atoms with Gasteiger partial charge in [-0.05, 0) is 6.92 Å². The van der Waals surface area contributed by atoms with Crippen molar-refractivity contribution in [2.45, 2.75) is 13.0 Å². The van der Waals surface area contributed by atoms with E-state index in [1.165, 1.54) is 0 Å². The van der Waals surface area contributed by atoms with E-state index in [0.29, 0.717) is 5.69 Å². The summed E-state index contributed by atoms with van der Waals surface area (Å²) in [7, 11) is 0. The van der Waals surface area contributed by atoms with Crippen LogP contribution in [-0.4, -0.2) is 17.2 Å². The molecule has 0 amide bonds. The number of aliphatic hydroxyl groups excluding tert-OH is 1. The van der Waals surface area contributed by atoms with Crippen molar-refractivity contribution in [2.75, 3.05) is 0 Å². The van der Waals surface area contributed by atoms with Crippen molar-refractivity contribution in [3.8, 4) is 0 Å². The topological polar surface area (TPSA) is 84.2 Å². The molecule has 0 spiro atoms. The van der Waals surface area contributed by atoms with E-state index in [2.05, 4.69) is 0 Å². The van der Waals surface area contributed by atoms with Gasteiger partial charge in [-0.15, -0.1) is 5.69 Å². The van der Waals surface area contributed by atoms with Gasteiger partial charge in [0.1, 0.15) is 0 Å². The maximum absolute atomic E-state index is 9.34. The predicted octanol–water partition coefficient (Wildman–Crippen LogP) is 0.485. The van der Waals surface area contributed by atoms with Crippen LogP contribution in [0, 0.1) is 0 Å². The van der Waals surface area contributed by atoms with Gasteiger partial charge in [-0.3, -0.25) is 0 Å². The Bertz CT molecular complexity index is 251. The van der Waals surface area contributed by atoms with Crippen molar-refractivity contribution in [1.29, 1.82) is 0 Å². The first-order valence-corrected chi connectivity index (χ1v) is 3.69. The van der Waals surface area contributed by atoms with Crippen molar-refractivity contribution >= 4 is 11.7 Å². The molecular formula is C9H11CdNO3. The number of nitrogens with one attached hydrogen (secondary N) is 1. The second-order valence-electron chi connectivity index (χ2n) is 2.36. The standard InChI is InChI=1S/C6H6N.C3H6O3.Cd/c7-6-4-2-1-3-5-6;1-2(4)3(5)6;/h1-5,7H;2,4H,1H3,(H,5,6);/q-1;;+2/p-1. The summed E-state index contributed by atoms with van der Waals surface area (Å²) >= 11 is 0. The Morgan fingerprint density at radius 2 is 1.79 bits per heavy atom. The van der Waals surface area contributed by atoms with Gasteiger partial charge in [-0.1, -0.05) is 30.3 Å². The minimum Gasteiger partial charge on any atom is -0.699 e. The van der Waals surface area contributed by atoms with Crippen LogP contribution in [0.15, 0.2) is 30.3 Å². The smallest absolute Gasteiger partial charge is 0.699 e. The molecule has 14 heavy (non-hydrogen) atoms. The van der Waals surface area contributed by atoms with E-state index < -0.39 is 12.1 Å². The van der Waals surface area contributed by atoms with Gasteiger partial charge >= 0.3 is 27.3 Å². The van der Waals surface area contributed by atoms with Crippen molar-refractivity contribution in [3.05, 3.63) is 36.1 Å². The number of aliphatic carboxylic acids is 1. The summed E-state index contributed by atoms with van der Waals surface area (Å²) in [5.41, 5.74) is 7.57. The molecule has 2 N–H and O–H groups in total. The van der Waals surface area contributed by atoms with Gasteiger partial charge in [0.15, 0.2) is 0 Å². The second-order valence-corrected chi connectivity index (χ2v) is 2.36. The molecule has 1 unspecified atom stereocenters. The van der Waals surface area contributed by atoms with Crippen molar-refractivity contribution < 1.29 is 42.3 Å². The molecule has 1 atom stereocenters. The van der Waals surface area contributed by atoms with Crippen molar-refractivity contribution in [3.63, 3.8) is 0 Å². The first-order valence-electron chi connectivity index (χ1n) is 3.69. The van der Waals surface area contributed by atoms with Crippen LogP contribution in [0.1, 0.15) is 6.92 Å². The summed E-state index contributed by atoms with van der Waals surface area (Å²) in [5.74, 6) is -1.44. The van der Waals surface area contributed by atoms with Crippen LogP contribution in [0.5, 0.6) is 0 Å². The number of hydrogen-bond acceptors (Lipinski definition) is 3. The average Bonchev–Trinajstić information content (AvgIpc) is 2.06. The van der Waals surface area contributed by atoms with Gasteiger partial charge in [0.2, 0.25) is 0 Å². The van der Waals surface area contributed by atoms with Crippen molar-refractivity contribution in [1.82, 2.24) is 0 Å². The minimum atomic E-state index is -1.44. The van der Waals surface area contributed by atoms with Crippen LogP contribution in [0.2, 0.25) is 0 Å². The van der Waals surface area contributed by atoms with E-state index in [4.69, 9.17) is 10.8 Å². The zero-order chi connectivity index (χ0) is 10.3. The summed E-state index contributed by atoms with van der Waals surface area (Å²) in [5, 5.41) is 17.3. The number of carbonyl (C=O) groups excluding carboxylic acids is 1. The Morgan fingerprint density at radius 1 is 1.43 bits per heavy atom. The van der Waals surface area contributed by atoms with E-state index in [1.54, 1.807) is 12.1 Å². The third kappa shape index (κ3) is 9.46. The minimum absolute atomic E-state index is 0. The molecule has 0 saturated carbocycles. The van der Waals surface area contributed by atoms with Crippen LogP contribution in [-0.2, 0) is 32.1 Å². The molecule has 0 aliphatic rings. The van der Waals surface area contributed by atoms with Gasteiger partial charge in [-0.2, -0.15) is 0 Å². The fourth-order valence-corrected chi connectivity index (χ4v) is 0.438. The molecule has 0 saturated heterocycles. The number of hydrogen-bond donors (Lipinski definition) is 1. The maximum atomic E-state index is 9.34. The Hall–Kier alpha value is -0.628. The third-order valence-electron chi connectivity index (χ3n) is 1.11. The Morgan fingerprint density at radius 3 is 1.93 bits per heavy atom. The summed E-state index contributed by atoms with van der Waals surface area (Å²) in [4.78, 5) is 9.34. The van der Waals surface area contributed by atoms with Crippen LogP contribution in [0.4, 0.5) is 5.69 Å². The van der Waals surface area contributed by atoms with Crippen LogP contribution >= 0.6 is 0 Å². The molecule has 0 fully saturated rings.